The Bertz CT molecular complexity index is 1190. The van der Waals surface area contributed by atoms with E-state index in [1.165, 1.54) is 55.6 Å². The summed E-state index contributed by atoms with van der Waals surface area (Å²) in [6.07, 6.45) is 3.19. The van der Waals surface area contributed by atoms with Gasteiger partial charge in [0.2, 0.25) is 0 Å². The molecule has 0 unspecified atom stereocenters. The fourth-order valence-corrected chi connectivity index (χ4v) is 5.87. The van der Waals surface area contributed by atoms with Gasteiger partial charge in [0, 0.05) is 5.41 Å². The van der Waals surface area contributed by atoms with Crippen LogP contribution in [0.15, 0.2) is 84.9 Å². The molecule has 0 nitrogen and oxygen atoms in total. The molecule has 0 N–H and O–H groups in total. The molecular weight excluding hydrogens is 360 g/mol. The molecule has 2 aliphatic rings. The van der Waals surface area contributed by atoms with Gasteiger partial charge in [-0.1, -0.05) is 98.8 Å². The molecule has 0 heteroatoms. The maximum Gasteiger partial charge on any atom is 0.0178 e. The predicted octanol–water partition coefficient (Wildman–Crippen LogP) is 7.55. The standard InChI is InChI=1S/C30H26/c1-3-30(2,28-16-8-14-24-22-12-6-4-10-20(22)18-26(24)28)29-17-9-15-25-23-13-7-5-11-21(23)19-27(25)29/h4-17H,3,18-19H2,1-2H3. The molecule has 146 valence electrons. The quantitative estimate of drug-likeness (QED) is 0.295. The van der Waals surface area contributed by atoms with Crippen molar-refractivity contribution in [2.75, 3.05) is 0 Å². The van der Waals surface area contributed by atoms with E-state index in [2.05, 4.69) is 98.8 Å². The van der Waals surface area contributed by atoms with Crippen molar-refractivity contribution < 1.29 is 0 Å². The Labute approximate surface area is 179 Å². The van der Waals surface area contributed by atoms with Crippen molar-refractivity contribution in [2.45, 2.75) is 38.5 Å². The van der Waals surface area contributed by atoms with E-state index in [4.69, 9.17) is 0 Å². The highest BCUT2D eigenvalue weighted by Crippen LogP contribution is 2.48. The highest BCUT2D eigenvalue weighted by atomic mass is 14.4. The van der Waals surface area contributed by atoms with Gasteiger partial charge in [-0.3, -0.25) is 0 Å². The van der Waals surface area contributed by atoms with Crippen molar-refractivity contribution >= 4 is 0 Å². The summed E-state index contributed by atoms with van der Waals surface area (Å²) >= 11 is 0. The average molecular weight is 387 g/mol. The molecule has 0 amide bonds. The second-order valence-electron chi connectivity index (χ2n) is 9.02. The first kappa shape index (κ1) is 17.7. The van der Waals surface area contributed by atoms with Crippen molar-refractivity contribution in [3.63, 3.8) is 0 Å². The van der Waals surface area contributed by atoms with Gasteiger partial charge in [-0.25, -0.2) is 0 Å². The van der Waals surface area contributed by atoms with Crippen LogP contribution in [0.1, 0.15) is 53.6 Å². The molecule has 0 heterocycles. The highest BCUT2D eigenvalue weighted by Gasteiger charge is 2.36. The van der Waals surface area contributed by atoms with E-state index in [1.54, 1.807) is 0 Å². The van der Waals surface area contributed by atoms with Gasteiger partial charge in [-0.05, 0) is 74.9 Å². The largest absolute Gasteiger partial charge is 0.0642 e. The van der Waals surface area contributed by atoms with Gasteiger partial charge < -0.3 is 0 Å². The fourth-order valence-electron chi connectivity index (χ4n) is 5.87. The molecule has 0 atom stereocenters. The van der Waals surface area contributed by atoms with Crippen LogP contribution in [0.2, 0.25) is 0 Å². The maximum atomic E-state index is 2.46. The molecule has 0 saturated carbocycles. The minimum atomic E-state index is 0.000766. The van der Waals surface area contributed by atoms with Crippen LogP contribution in [0, 0.1) is 0 Å². The van der Waals surface area contributed by atoms with E-state index in [-0.39, 0.29) is 5.41 Å². The first-order valence-corrected chi connectivity index (χ1v) is 11.1. The van der Waals surface area contributed by atoms with Crippen LogP contribution in [0.25, 0.3) is 22.3 Å². The van der Waals surface area contributed by atoms with E-state index in [0.717, 1.165) is 19.3 Å². The molecule has 0 aliphatic heterocycles. The number of rotatable bonds is 3. The van der Waals surface area contributed by atoms with Crippen molar-refractivity contribution in [3.8, 4) is 22.3 Å². The molecule has 4 aromatic carbocycles. The Morgan fingerprint density at radius 2 is 1.00 bits per heavy atom. The Hall–Kier alpha value is -3.12. The minimum absolute atomic E-state index is 0.000766. The molecule has 30 heavy (non-hydrogen) atoms. The zero-order valence-electron chi connectivity index (χ0n) is 17.7. The lowest BCUT2D eigenvalue weighted by Crippen LogP contribution is -2.26. The third-order valence-corrected chi connectivity index (χ3v) is 7.60. The van der Waals surface area contributed by atoms with Crippen molar-refractivity contribution in [1.29, 1.82) is 0 Å². The summed E-state index contributed by atoms with van der Waals surface area (Å²) in [6, 6.07) is 31.7. The summed E-state index contributed by atoms with van der Waals surface area (Å²) in [5.74, 6) is 0. The Morgan fingerprint density at radius 3 is 1.47 bits per heavy atom. The Kier molecular flexibility index (Phi) is 3.80. The summed E-state index contributed by atoms with van der Waals surface area (Å²) < 4.78 is 0. The molecule has 0 spiro atoms. The van der Waals surface area contributed by atoms with Crippen molar-refractivity contribution in [2.24, 2.45) is 0 Å². The van der Waals surface area contributed by atoms with Crippen LogP contribution in [0.3, 0.4) is 0 Å². The first-order valence-electron chi connectivity index (χ1n) is 11.1. The van der Waals surface area contributed by atoms with Crippen LogP contribution < -0.4 is 0 Å². The molecule has 2 aliphatic carbocycles. The second kappa shape index (κ2) is 6.44. The summed E-state index contributed by atoms with van der Waals surface area (Å²) in [4.78, 5) is 0. The van der Waals surface area contributed by atoms with Crippen LogP contribution >= 0.6 is 0 Å². The second-order valence-corrected chi connectivity index (χ2v) is 9.02. The summed E-state index contributed by atoms with van der Waals surface area (Å²) in [5, 5.41) is 0. The van der Waals surface area contributed by atoms with E-state index >= 15 is 0 Å². The lowest BCUT2D eigenvalue weighted by atomic mass is 9.70. The third-order valence-electron chi connectivity index (χ3n) is 7.60. The minimum Gasteiger partial charge on any atom is -0.0642 e. The fraction of sp³-hybridized carbons (Fsp3) is 0.200. The molecular formula is C30H26. The van der Waals surface area contributed by atoms with Crippen molar-refractivity contribution in [3.05, 3.63) is 118 Å². The number of hydrogen-bond acceptors (Lipinski definition) is 0. The smallest absolute Gasteiger partial charge is 0.0178 e. The zero-order chi connectivity index (χ0) is 20.3. The summed E-state index contributed by atoms with van der Waals surface area (Å²) in [7, 11) is 0. The highest BCUT2D eigenvalue weighted by molar-refractivity contribution is 5.81. The average Bonchev–Trinajstić information content (AvgIpc) is 3.36. The maximum absolute atomic E-state index is 2.46. The molecule has 0 aromatic heterocycles. The van der Waals surface area contributed by atoms with Gasteiger partial charge >= 0.3 is 0 Å². The number of benzene rings is 4. The van der Waals surface area contributed by atoms with Gasteiger partial charge in [-0.15, -0.1) is 0 Å². The van der Waals surface area contributed by atoms with Gasteiger partial charge in [0.1, 0.15) is 0 Å². The van der Waals surface area contributed by atoms with E-state index < -0.39 is 0 Å². The topological polar surface area (TPSA) is 0 Å². The normalized spacial score (nSPS) is 13.5. The monoisotopic (exact) mass is 386 g/mol. The molecule has 0 saturated heterocycles. The van der Waals surface area contributed by atoms with Gasteiger partial charge in [0.05, 0.1) is 0 Å². The molecule has 0 fully saturated rings. The summed E-state index contributed by atoms with van der Waals surface area (Å²) in [6.45, 7) is 4.81. The number of hydrogen-bond donors (Lipinski definition) is 0. The molecule has 0 radical (unpaired) electrons. The van der Waals surface area contributed by atoms with Crippen molar-refractivity contribution in [1.82, 2.24) is 0 Å². The van der Waals surface area contributed by atoms with E-state index in [1.807, 2.05) is 0 Å². The van der Waals surface area contributed by atoms with Crippen LogP contribution in [0.5, 0.6) is 0 Å². The van der Waals surface area contributed by atoms with E-state index in [9.17, 15) is 0 Å². The van der Waals surface area contributed by atoms with E-state index in [0.29, 0.717) is 0 Å². The Balaban J connectivity index is 1.55. The third kappa shape index (κ3) is 2.34. The molecule has 6 rings (SSSR count). The molecule has 0 bridgehead atoms. The lowest BCUT2D eigenvalue weighted by molar-refractivity contribution is 0.542. The molecule has 4 aromatic rings. The SMILES string of the molecule is CCC(C)(c1cccc2c1Cc1ccccc1-2)c1cccc2c1Cc1ccccc1-2. The number of fused-ring (bicyclic) bond motifs is 6. The zero-order valence-corrected chi connectivity index (χ0v) is 17.7. The lowest BCUT2D eigenvalue weighted by Gasteiger charge is -2.34. The van der Waals surface area contributed by atoms with Crippen LogP contribution in [0.4, 0.5) is 0 Å². The van der Waals surface area contributed by atoms with Gasteiger partial charge in [0.25, 0.3) is 0 Å². The van der Waals surface area contributed by atoms with Crippen LogP contribution in [-0.4, -0.2) is 0 Å². The first-order chi connectivity index (χ1) is 14.7. The van der Waals surface area contributed by atoms with Crippen LogP contribution in [-0.2, 0) is 18.3 Å². The van der Waals surface area contributed by atoms with Gasteiger partial charge in [-0.2, -0.15) is 0 Å². The summed E-state index contributed by atoms with van der Waals surface area (Å²) in [5.41, 5.74) is 14.7. The predicted molar refractivity (Wildman–Crippen MR) is 126 cm³/mol. The van der Waals surface area contributed by atoms with Gasteiger partial charge in [0.15, 0.2) is 0 Å². The Morgan fingerprint density at radius 1 is 0.567 bits per heavy atom.